The van der Waals surface area contributed by atoms with E-state index in [1.165, 1.54) is 33.1 Å². The molecule has 0 spiro atoms. The smallest absolute Gasteiger partial charge is 0.130 e. The van der Waals surface area contributed by atoms with Gasteiger partial charge in [0.15, 0.2) is 0 Å². The second-order valence-electron chi connectivity index (χ2n) is 5.69. The second kappa shape index (κ2) is 6.10. The van der Waals surface area contributed by atoms with E-state index in [2.05, 4.69) is 10.6 Å². The minimum Gasteiger partial charge on any atom is -0.382 e. The molecule has 0 saturated carbocycles. The molecule has 106 valence electrons. The van der Waals surface area contributed by atoms with E-state index in [9.17, 15) is 4.39 Å². The van der Waals surface area contributed by atoms with Crippen molar-refractivity contribution in [3.63, 3.8) is 0 Å². The van der Waals surface area contributed by atoms with Crippen LogP contribution in [-0.2, 0) is 5.67 Å². The zero-order valence-corrected chi connectivity index (χ0v) is 12.4. The van der Waals surface area contributed by atoms with Gasteiger partial charge in [-0.2, -0.15) is 0 Å². The molecule has 1 aliphatic rings. The maximum atomic E-state index is 13.8. The highest BCUT2D eigenvalue weighted by Gasteiger charge is 2.20. The van der Waals surface area contributed by atoms with E-state index in [-0.39, 0.29) is 0 Å². The van der Waals surface area contributed by atoms with Crippen LogP contribution in [0.15, 0.2) is 18.2 Å². The summed E-state index contributed by atoms with van der Waals surface area (Å²) in [5, 5.41) is 7.41. The number of alkyl halides is 1. The molecular weight excluding hydrogens is 263 g/mol. The summed E-state index contributed by atoms with van der Waals surface area (Å²) in [6, 6.07) is 5.87. The Morgan fingerprint density at radius 1 is 1.42 bits per heavy atom. The Morgan fingerprint density at radius 3 is 2.79 bits per heavy atom. The summed E-state index contributed by atoms with van der Waals surface area (Å²) in [7, 11) is 0. The second-order valence-corrected chi connectivity index (χ2v) is 6.10. The lowest BCUT2D eigenvalue weighted by molar-refractivity contribution is 0.221. The zero-order chi connectivity index (χ0) is 13.9. The number of benzene rings is 1. The van der Waals surface area contributed by atoms with Crippen molar-refractivity contribution in [2.24, 2.45) is 0 Å². The molecule has 4 heteroatoms. The van der Waals surface area contributed by atoms with Crippen molar-refractivity contribution in [1.29, 1.82) is 0 Å². The molecule has 1 aliphatic heterocycles. The monoisotopic (exact) mass is 284 g/mol. The molecule has 0 aromatic heterocycles. The van der Waals surface area contributed by atoms with Crippen molar-refractivity contribution >= 4 is 17.3 Å². The van der Waals surface area contributed by atoms with Crippen LogP contribution in [0, 0.1) is 0 Å². The van der Waals surface area contributed by atoms with Crippen LogP contribution < -0.4 is 10.6 Å². The molecule has 1 atom stereocenters. The Kier molecular flexibility index (Phi) is 4.69. The van der Waals surface area contributed by atoms with Gasteiger partial charge in [0, 0.05) is 12.6 Å². The van der Waals surface area contributed by atoms with Crippen molar-refractivity contribution in [3.8, 4) is 0 Å². The molecule has 19 heavy (non-hydrogen) atoms. The van der Waals surface area contributed by atoms with Crippen LogP contribution >= 0.6 is 11.6 Å². The first-order chi connectivity index (χ1) is 8.97. The molecule has 2 rings (SSSR count). The van der Waals surface area contributed by atoms with Crippen LogP contribution in [0.2, 0.25) is 5.02 Å². The lowest BCUT2D eigenvalue weighted by Crippen LogP contribution is -2.39. The summed E-state index contributed by atoms with van der Waals surface area (Å²) in [5.41, 5.74) is 0.133. The maximum Gasteiger partial charge on any atom is 0.130 e. The number of hydrogen-bond acceptors (Lipinski definition) is 2. The molecule has 0 bridgehead atoms. The van der Waals surface area contributed by atoms with Gasteiger partial charge in [-0.3, -0.25) is 0 Å². The van der Waals surface area contributed by atoms with Gasteiger partial charge >= 0.3 is 0 Å². The van der Waals surface area contributed by atoms with Crippen molar-refractivity contribution in [2.75, 3.05) is 18.4 Å². The number of halogens is 2. The van der Waals surface area contributed by atoms with E-state index in [0.717, 1.165) is 18.8 Å². The third-order valence-corrected chi connectivity index (χ3v) is 3.92. The van der Waals surface area contributed by atoms with Crippen LogP contribution in [-0.4, -0.2) is 19.1 Å². The van der Waals surface area contributed by atoms with E-state index in [4.69, 9.17) is 11.6 Å². The molecule has 2 N–H and O–H groups in total. The van der Waals surface area contributed by atoms with Gasteiger partial charge in [0.25, 0.3) is 0 Å². The third kappa shape index (κ3) is 4.08. The van der Waals surface area contributed by atoms with Crippen molar-refractivity contribution < 1.29 is 4.39 Å². The summed E-state index contributed by atoms with van der Waals surface area (Å²) in [6.07, 6.45) is 3.74. The number of piperidine rings is 1. The topological polar surface area (TPSA) is 24.1 Å². The van der Waals surface area contributed by atoms with E-state index in [1.54, 1.807) is 12.1 Å². The minimum atomic E-state index is -1.35. The first-order valence-electron chi connectivity index (χ1n) is 6.93. The minimum absolute atomic E-state index is 0.502. The first kappa shape index (κ1) is 14.6. The summed E-state index contributed by atoms with van der Waals surface area (Å²) in [5.74, 6) is 0. The van der Waals surface area contributed by atoms with E-state index < -0.39 is 5.67 Å². The summed E-state index contributed by atoms with van der Waals surface area (Å²) in [4.78, 5) is 0. The Hall–Kier alpha value is -0.800. The number of nitrogens with one attached hydrogen (secondary N) is 2. The third-order valence-electron chi connectivity index (χ3n) is 3.61. The number of hydrogen-bond donors (Lipinski definition) is 2. The molecule has 1 heterocycles. The van der Waals surface area contributed by atoms with Gasteiger partial charge in [0.2, 0.25) is 0 Å². The Bertz CT molecular complexity index is 423. The van der Waals surface area contributed by atoms with Gasteiger partial charge in [-0.1, -0.05) is 24.1 Å². The fraction of sp³-hybridized carbons (Fsp3) is 0.600. The fourth-order valence-corrected chi connectivity index (χ4v) is 2.61. The average molecular weight is 285 g/mol. The SMILES string of the molecule is CC(C)(F)c1ccc(NCC2CCCCN2)c(Cl)c1. The normalized spacial score (nSPS) is 20.3. The van der Waals surface area contributed by atoms with Crippen LogP contribution in [0.1, 0.15) is 38.7 Å². The van der Waals surface area contributed by atoms with E-state index in [1.807, 2.05) is 6.07 Å². The average Bonchev–Trinajstić information content (AvgIpc) is 2.37. The van der Waals surface area contributed by atoms with Gasteiger partial charge in [0.05, 0.1) is 10.7 Å². The van der Waals surface area contributed by atoms with Crippen molar-refractivity contribution in [1.82, 2.24) is 5.32 Å². The molecule has 1 unspecified atom stereocenters. The largest absolute Gasteiger partial charge is 0.382 e. The van der Waals surface area contributed by atoms with Crippen molar-refractivity contribution in [2.45, 2.75) is 44.8 Å². The predicted octanol–water partition coefficient (Wildman–Crippen LogP) is 4.10. The van der Waals surface area contributed by atoms with Gasteiger partial charge in [-0.15, -0.1) is 0 Å². The van der Waals surface area contributed by atoms with Gasteiger partial charge in [0.1, 0.15) is 5.67 Å². The fourth-order valence-electron chi connectivity index (χ4n) is 2.36. The quantitative estimate of drug-likeness (QED) is 0.870. The van der Waals surface area contributed by atoms with E-state index >= 15 is 0 Å². The Morgan fingerprint density at radius 2 is 2.21 bits per heavy atom. The first-order valence-corrected chi connectivity index (χ1v) is 7.31. The molecule has 1 aromatic carbocycles. The number of rotatable bonds is 4. The summed E-state index contributed by atoms with van der Waals surface area (Å²) in [6.45, 7) is 5.03. The van der Waals surface area contributed by atoms with Crippen LogP contribution in [0.25, 0.3) is 0 Å². The highest BCUT2D eigenvalue weighted by Crippen LogP contribution is 2.31. The maximum absolute atomic E-state index is 13.8. The van der Waals surface area contributed by atoms with Crippen LogP contribution in [0.5, 0.6) is 0 Å². The van der Waals surface area contributed by atoms with Crippen LogP contribution in [0.3, 0.4) is 0 Å². The molecule has 1 aromatic rings. The predicted molar refractivity (Wildman–Crippen MR) is 79.7 cm³/mol. The summed E-state index contributed by atoms with van der Waals surface area (Å²) >= 11 is 6.20. The van der Waals surface area contributed by atoms with Crippen LogP contribution in [0.4, 0.5) is 10.1 Å². The Balaban J connectivity index is 1.97. The van der Waals surface area contributed by atoms with Gasteiger partial charge in [-0.05, 0) is 50.9 Å². The highest BCUT2D eigenvalue weighted by molar-refractivity contribution is 6.33. The number of anilines is 1. The Labute approximate surface area is 119 Å². The summed E-state index contributed by atoms with van der Waals surface area (Å²) < 4.78 is 13.8. The zero-order valence-electron chi connectivity index (χ0n) is 11.6. The molecule has 1 saturated heterocycles. The van der Waals surface area contributed by atoms with Gasteiger partial charge < -0.3 is 10.6 Å². The van der Waals surface area contributed by atoms with E-state index in [0.29, 0.717) is 16.6 Å². The van der Waals surface area contributed by atoms with Crippen molar-refractivity contribution in [3.05, 3.63) is 28.8 Å². The molecule has 0 radical (unpaired) electrons. The molecule has 2 nitrogen and oxygen atoms in total. The molecule has 0 amide bonds. The lowest BCUT2D eigenvalue weighted by atomic mass is 10.00. The lowest BCUT2D eigenvalue weighted by Gasteiger charge is -2.24. The standard InChI is InChI=1S/C15H22ClFN2/c1-15(2,17)11-6-7-14(13(16)9-11)19-10-12-5-3-4-8-18-12/h6-7,9,12,18-19H,3-5,8,10H2,1-2H3. The molecule has 1 fully saturated rings. The van der Waals surface area contributed by atoms with Gasteiger partial charge in [-0.25, -0.2) is 4.39 Å². The molecule has 0 aliphatic carbocycles. The highest BCUT2D eigenvalue weighted by atomic mass is 35.5. The molecular formula is C15H22ClFN2.